The Balaban J connectivity index is 2.15. The maximum absolute atomic E-state index is 13.9. The molecular formula is C17H23FN2O4. The summed E-state index contributed by atoms with van der Waals surface area (Å²) in [5.74, 6) is -1.58. The number of carbonyl (C=O) groups is 2. The molecule has 1 atom stereocenters. The van der Waals surface area contributed by atoms with Crippen LogP contribution in [0.4, 0.5) is 14.9 Å². The second-order valence-electron chi connectivity index (χ2n) is 6.76. The smallest absolute Gasteiger partial charge is 0.342 e. The molecular weight excluding hydrogens is 315 g/mol. The van der Waals surface area contributed by atoms with Crippen LogP contribution >= 0.6 is 0 Å². The van der Waals surface area contributed by atoms with Gasteiger partial charge in [0.05, 0.1) is 25.5 Å². The first-order chi connectivity index (χ1) is 11.2. The molecule has 1 aliphatic rings. The Hall–Kier alpha value is -2.15. The van der Waals surface area contributed by atoms with Gasteiger partial charge in [-0.25, -0.2) is 14.0 Å². The van der Waals surface area contributed by atoms with Crippen LogP contribution in [0.5, 0.6) is 0 Å². The van der Waals surface area contributed by atoms with E-state index in [1.165, 1.54) is 12.1 Å². The molecule has 1 saturated heterocycles. The number of esters is 1. The summed E-state index contributed by atoms with van der Waals surface area (Å²) in [7, 11) is 1.16. The van der Waals surface area contributed by atoms with Gasteiger partial charge in [-0.05, 0) is 17.5 Å². The Kier molecular flexibility index (Phi) is 5.43. The lowest BCUT2D eigenvalue weighted by atomic mass is 9.88. The number of benzene rings is 1. The van der Waals surface area contributed by atoms with Crippen molar-refractivity contribution < 1.29 is 23.5 Å². The van der Waals surface area contributed by atoms with Crippen LogP contribution < -0.4 is 5.32 Å². The van der Waals surface area contributed by atoms with Crippen LogP contribution in [-0.2, 0) is 9.47 Å². The minimum absolute atomic E-state index is 0.0886. The molecule has 1 aliphatic heterocycles. The molecule has 1 aromatic carbocycles. The SMILES string of the molecule is COC(=O)c1c(F)cccc1NC(=O)N1CCO[C@@H](C(C)(C)C)C1. The summed E-state index contributed by atoms with van der Waals surface area (Å²) < 4.78 is 24.2. The first kappa shape index (κ1) is 18.2. The van der Waals surface area contributed by atoms with E-state index < -0.39 is 17.8 Å². The average Bonchev–Trinajstić information content (AvgIpc) is 2.53. The van der Waals surface area contributed by atoms with Crippen molar-refractivity contribution >= 4 is 17.7 Å². The summed E-state index contributed by atoms with van der Waals surface area (Å²) in [5.41, 5.74) is -0.297. The standard InChI is InChI=1S/C17H23FN2O4/c1-17(2,3)13-10-20(8-9-24-13)16(22)19-12-7-5-6-11(18)14(12)15(21)23-4/h5-7,13H,8-10H2,1-4H3,(H,19,22)/t13-/m1/s1. The maximum Gasteiger partial charge on any atom is 0.342 e. The number of urea groups is 1. The van der Waals surface area contributed by atoms with Crippen LogP contribution in [-0.4, -0.2) is 49.8 Å². The number of halogens is 1. The Bertz CT molecular complexity index is 628. The normalized spacial score (nSPS) is 18.2. The van der Waals surface area contributed by atoms with Gasteiger partial charge < -0.3 is 19.7 Å². The fraction of sp³-hybridized carbons (Fsp3) is 0.529. The first-order valence-electron chi connectivity index (χ1n) is 7.78. The Morgan fingerprint density at radius 3 is 2.71 bits per heavy atom. The number of amides is 2. The van der Waals surface area contributed by atoms with Gasteiger partial charge in [-0.1, -0.05) is 26.8 Å². The number of hydrogen-bond donors (Lipinski definition) is 1. The summed E-state index contributed by atoms with van der Waals surface area (Å²) in [6.07, 6.45) is -0.0930. The quantitative estimate of drug-likeness (QED) is 0.842. The molecule has 0 aliphatic carbocycles. The number of ether oxygens (including phenoxy) is 2. The number of rotatable bonds is 2. The molecule has 0 saturated carbocycles. The summed E-state index contributed by atoms with van der Waals surface area (Å²) in [6.45, 7) is 7.42. The first-order valence-corrected chi connectivity index (χ1v) is 7.78. The molecule has 0 bridgehead atoms. The summed E-state index contributed by atoms with van der Waals surface area (Å²) in [6, 6.07) is 3.64. The van der Waals surface area contributed by atoms with E-state index in [1.54, 1.807) is 4.90 Å². The number of anilines is 1. The summed E-state index contributed by atoms with van der Waals surface area (Å²) >= 11 is 0. The van der Waals surface area contributed by atoms with Gasteiger partial charge in [0.15, 0.2) is 0 Å². The molecule has 24 heavy (non-hydrogen) atoms. The lowest BCUT2D eigenvalue weighted by Gasteiger charge is -2.39. The second-order valence-corrected chi connectivity index (χ2v) is 6.76. The predicted octanol–water partition coefficient (Wildman–Crippen LogP) is 2.89. The number of nitrogens with zero attached hydrogens (tertiary/aromatic N) is 1. The molecule has 0 radical (unpaired) electrons. The second kappa shape index (κ2) is 7.17. The third-order valence-corrected chi connectivity index (χ3v) is 3.96. The van der Waals surface area contributed by atoms with Crippen molar-refractivity contribution in [2.45, 2.75) is 26.9 Å². The highest BCUT2D eigenvalue weighted by atomic mass is 19.1. The van der Waals surface area contributed by atoms with Gasteiger partial charge in [-0.3, -0.25) is 0 Å². The Morgan fingerprint density at radius 1 is 1.38 bits per heavy atom. The number of nitrogens with one attached hydrogen (secondary N) is 1. The highest BCUT2D eigenvalue weighted by Crippen LogP contribution is 2.26. The maximum atomic E-state index is 13.9. The van der Waals surface area contributed by atoms with Crippen molar-refractivity contribution in [2.24, 2.45) is 5.41 Å². The minimum Gasteiger partial charge on any atom is -0.465 e. The summed E-state index contributed by atoms with van der Waals surface area (Å²) in [4.78, 5) is 25.9. The highest BCUT2D eigenvalue weighted by molar-refractivity contribution is 6.01. The molecule has 2 rings (SSSR count). The monoisotopic (exact) mass is 338 g/mol. The fourth-order valence-corrected chi connectivity index (χ4v) is 2.49. The molecule has 0 aromatic heterocycles. The molecule has 0 unspecified atom stereocenters. The lowest BCUT2D eigenvalue weighted by molar-refractivity contribution is -0.0664. The van der Waals surface area contributed by atoms with Crippen LogP contribution in [0.2, 0.25) is 0 Å². The van der Waals surface area contributed by atoms with Crippen LogP contribution in [0.15, 0.2) is 18.2 Å². The zero-order valence-corrected chi connectivity index (χ0v) is 14.4. The van der Waals surface area contributed by atoms with Crippen molar-refractivity contribution in [1.29, 1.82) is 0 Å². The van der Waals surface area contributed by atoms with Crippen molar-refractivity contribution in [3.63, 3.8) is 0 Å². The van der Waals surface area contributed by atoms with Gasteiger partial charge in [-0.15, -0.1) is 0 Å². The molecule has 132 valence electrons. The molecule has 1 N–H and O–H groups in total. The van der Waals surface area contributed by atoms with Gasteiger partial charge in [0.25, 0.3) is 0 Å². The van der Waals surface area contributed by atoms with Crippen LogP contribution in [0.1, 0.15) is 31.1 Å². The third kappa shape index (κ3) is 4.03. The van der Waals surface area contributed by atoms with Crippen LogP contribution in [0.25, 0.3) is 0 Å². The molecule has 0 spiro atoms. The topological polar surface area (TPSA) is 67.9 Å². The molecule has 7 heteroatoms. The summed E-state index contributed by atoms with van der Waals surface area (Å²) in [5, 5.41) is 2.60. The Labute approximate surface area is 140 Å². The number of morpholine rings is 1. The number of carbonyl (C=O) groups excluding carboxylic acids is 2. The fourth-order valence-electron chi connectivity index (χ4n) is 2.49. The van der Waals surface area contributed by atoms with E-state index in [-0.39, 0.29) is 22.8 Å². The van der Waals surface area contributed by atoms with Gasteiger partial charge in [-0.2, -0.15) is 0 Å². The zero-order valence-electron chi connectivity index (χ0n) is 14.4. The molecule has 1 fully saturated rings. The Morgan fingerprint density at radius 2 is 2.08 bits per heavy atom. The molecule has 1 heterocycles. The highest BCUT2D eigenvalue weighted by Gasteiger charge is 2.33. The van der Waals surface area contributed by atoms with Crippen LogP contribution in [0.3, 0.4) is 0 Å². The number of methoxy groups -OCH3 is 1. The van der Waals surface area contributed by atoms with E-state index in [9.17, 15) is 14.0 Å². The average molecular weight is 338 g/mol. The van der Waals surface area contributed by atoms with E-state index in [2.05, 4.69) is 10.1 Å². The molecule has 1 aromatic rings. The van der Waals surface area contributed by atoms with Gasteiger partial charge >= 0.3 is 12.0 Å². The van der Waals surface area contributed by atoms with E-state index in [1.807, 2.05) is 20.8 Å². The molecule has 6 nitrogen and oxygen atoms in total. The van der Waals surface area contributed by atoms with Gasteiger partial charge in [0, 0.05) is 13.1 Å². The third-order valence-electron chi connectivity index (χ3n) is 3.96. The van der Waals surface area contributed by atoms with Crippen molar-refractivity contribution in [3.05, 3.63) is 29.6 Å². The van der Waals surface area contributed by atoms with Gasteiger partial charge in [0.1, 0.15) is 11.4 Å². The van der Waals surface area contributed by atoms with E-state index in [0.29, 0.717) is 19.7 Å². The van der Waals surface area contributed by atoms with E-state index in [4.69, 9.17) is 4.74 Å². The van der Waals surface area contributed by atoms with E-state index in [0.717, 1.165) is 13.2 Å². The minimum atomic E-state index is -0.835. The van der Waals surface area contributed by atoms with Crippen molar-refractivity contribution in [2.75, 3.05) is 32.1 Å². The van der Waals surface area contributed by atoms with Crippen molar-refractivity contribution in [3.8, 4) is 0 Å². The van der Waals surface area contributed by atoms with Crippen molar-refractivity contribution in [1.82, 2.24) is 4.90 Å². The van der Waals surface area contributed by atoms with Crippen LogP contribution in [0, 0.1) is 11.2 Å². The lowest BCUT2D eigenvalue weighted by Crippen LogP contribution is -2.51. The number of hydrogen-bond acceptors (Lipinski definition) is 4. The van der Waals surface area contributed by atoms with Gasteiger partial charge in [0.2, 0.25) is 0 Å². The predicted molar refractivity (Wildman–Crippen MR) is 87.5 cm³/mol. The zero-order chi connectivity index (χ0) is 17.9. The molecule has 2 amide bonds. The van der Waals surface area contributed by atoms with E-state index >= 15 is 0 Å². The largest absolute Gasteiger partial charge is 0.465 e.